The van der Waals surface area contributed by atoms with Crippen LogP contribution in [0.5, 0.6) is 5.75 Å². The van der Waals surface area contributed by atoms with Crippen LogP contribution in [-0.4, -0.2) is 42.0 Å². The second-order valence-electron chi connectivity index (χ2n) is 7.91. The first kappa shape index (κ1) is 23.8. The average molecular weight is 488 g/mol. The third kappa shape index (κ3) is 6.17. The lowest BCUT2D eigenvalue weighted by atomic mass is 10.1. The van der Waals surface area contributed by atoms with Gasteiger partial charge in [0, 0.05) is 43.3 Å². The molecule has 0 unspecified atom stereocenters. The van der Waals surface area contributed by atoms with E-state index in [1.54, 1.807) is 28.4 Å². The van der Waals surface area contributed by atoms with Crippen molar-refractivity contribution in [1.29, 1.82) is 0 Å². The Morgan fingerprint density at radius 3 is 2.50 bits per heavy atom. The summed E-state index contributed by atoms with van der Waals surface area (Å²) >= 11 is 1.58. The number of nitrogens with zero attached hydrogens (tertiary/aromatic N) is 3. The normalized spacial score (nSPS) is 14.6. The lowest BCUT2D eigenvalue weighted by Crippen LogP contribution is -2.48. The van der Waals surface area contributed by atoms with Crippen LogP contribution in [0.25, 0.3) is 6.08 Å². The third-order valence-corrected chi connectivity index (χ3v) is 6.30. The number of piperazine rings is 1. The Balaban J connectivity index is 1.27. The van der Waals surface area contributed by atoms with Gasteiger partial charge >= 0.3 is 6.18 Å². The van der Waals surface area contributed by atoms with Crippen LogP contribution in [-0.2, 0) is 17.6 Å². The number of anilines is 1. The molecule has 2 heterocycles. The van der Waals surface area contributed by atoms with Gasteiger partial charge in [-0.2, -0.15) is 13.2 Å². The fourth-order valence-corrected chi connectivity index (χ4v) is 4.24. The zero-order chi connectivity index (χ0) is 24.1. The van der Waals surface area contributed by atoms with Crippen molar-refractivity contribution in [3.63, 3.8) is 0 Å². The summed E-state index contributed by atoms with van der Waals surface area (Å²) in [5, 5.41) is 2.97. The van der Waals surface area contributed by atoms with E-state index in [1.807, 2.05) is 41.5 Å². The highest BCUT2D eigenvalue weighted by Crippen LogP contribution is 2.32. The van der Waals surface area contributed by atoms with Crippen LogP contribution in [0.2, 0.25) is 0 Å². The number of aromatic nitrogens is 1. The van der Waals surface area contributed by atoms with Crippen LogP contribution in [0.1, 0.15) is 21.8 Å². The summed E-state index contributed by atoms with van der Waals surface area (Å²) in [6, 6.07) is 12.7. The first-order valence-corrected chi connectivity index (χ1v) is 11.7. The average Bonchev–Trinajstić information content (AvgIpc) is 3.26. The Hall–Kier alpha value is -3.33. The van der Waals surface area contributed by atoms with Crippen molar-refractivity contribution in [2.75, 3.05) is 31.1 Å². The molecule has 0 radical (unpaired) electrons. The SMILES string of the molecule is Cc1nc(COc2ccc(/C=C/C(=O)N3CCN(c4cccc(C(F)(F)F)c4)CC3)cc2)cs1. The van der Waals surface area contributed by atoms with Crippen LogP contribution in [0.15, 0.2) is 60.0 Å². The number of aryl methyl sites for hydroxylation is 1. The van der Waals surface area contributed by atoms with E-state index < -0.39 is 11.7 Å². The standard InChI is InChI=1S/C25H24F3N3O2S/c1-18-29-21(17-34-18)16-33-23-8-5-19(6-9-23)7-10-24(32)31-13-11-30(12-14-31)22-4-2-3-20(15-22)25(26,27)28/h2-10,15,17H,11-14,16H2,1H3/b10-7+. The molecule has 1 saturated heterocycles. The number of carbonyl (C=O) groups is 1. The van der Waals surface area contributed by atoms with E-state index in [2.05, 4.69) is 4.98 Å². The molecule has 0 bridgehead atoms. The van der Waals surface area contributed by atoms with Crippen molar-refractivity contribution in [2.24, 2.45) is 0 Å². The topological polar surface area (TPSA) is 45.7 Å². The number of halogens is 3. The van der Waals surface area contributed by atoms with Gasteiger partial charge in [-0.05, 0) is 48.9 Å². The Labute approximate surface area is 200 Å². The highest BCUT2D eigenvalue weighted by Gasteiger charge is 2.31. The number of hydrogen-bond acceptors (Lipinski definition) is 5. The van der Waals surface area contributed by atoms with Gasteiger partial charge in [-0.1, -0.05) is 18.2 Å². The molecule has 1 aromatic heterocycles. The van der Waals surface area contributed by atoms with E-state index in [4.69, 9.17) is 4.74 Å². The molecule has 9 heteroatoms. The molecule has 1 amide bonds. The molecular formula is C25H24F3N3O2S. The van der Waals surface area contributed by atoms with Gasteiger partial charge < -0.3 is 14.5 Å². The van der Waals surface area contributed by atoms with E-state index in [9.17, 15) is 18.0 Å². The molecule has 1 aliphatic heterocycles. The molecule has 1 fully saturated rings. The van der Waals surface area contributed by atoms with E-state index in [-0.39, 0.29) is 5.91 Å². The molecule has 2 aromatic carbocycles. The summed E-state index contributed by atoms with van der Waals surface area (Å²) in [4.78, 5) is 20.5. The van der Waals surface area contributed by atoms with Crippen molar-refractivity contribution in [1.82, 2.24) is 9.88 Å². The van der Waals surface area contributed by atoms with Crippen LogP contribution in [0.4, 0.5) is 18.9 Å². The number of rotatable bonds is 6. The highest BCUT2D eigenvalue weighted by atomic mass is 32.1. The van der Waals surface area contributed by atoms with Gasteiger partial charge in [0.05, 0.1) is 16.3 Å². The summed E-state index contributed by atoms with van der Waals surface area (Å²) in [5.41, 5.74) is 1.61. The molecule has 0 N–H and O–H groups in total. The quantitative estimate of drug-likeness (QED) is 0.436. The highest BCUT2D eigenvalue weighted by molar-refractivity contribution is 7.09. The van der Waals surface area contributed by atoms with Gasteiger partial charge in [0.25, 0.3) is 0 Å². The smallest absolute Gasteiger partial charge is 0.416 e. The van der Waals surface area contributed by atoms with Crippen LogP contribution in [0, 0.1) is 6.92 Å². The van der Waals surface area contributed by atoms with Gasteiger partial charge in [0.15, 0.2) is 0 Å². The maximum Gasteiger partial charge on any atom is 0.416 e. The Morgan fingerprint density at radius 2 is 1.85 bits per heavy atom. The zero-order valence-electron chi connectivity index (χ0n) is 18.6. The number of alkyl halides is 3. The number of benzene rings is 2. The Bertz CT molecular complexity index is 1150. The summed E-state index contributed by atoms with van der Waals surface area (Å²) < 4.78 is 44.6. The predicted octanol–water partition coefficient (Wildman–Crippen LogP) is 5.41. The molecule has 0 saturated carbocycles. The maximum absolute atomic E-state index is 13.0. The van der Waals surface area contributed by atoms with Gasteiger partial charge in [-0.25, -0.2) is 4.98 Å². The molecule has 34 heavy (non-hydrogen) atoms. The monoisotopic (exact) mass is 487 g/mol. The number of amides is 1. The largest absolute Gasteiger partial charge is 0.487 e. The van der Waals surface area contributed by atoms with Crippen molar-refractivity contribution in [3.05, 3.63) is 81.8 Å². The van der Waals surface area contributed by atoms with E-state index in [1.165, 1.54) is 12.1 Å². The lowest BCUT2D eigenvalue weighted by Gasteiger charge is -2.35. The van der Waals surface area contributed by atoms with E-state index >= 15 is 0 Å². The number of ether oxygens (including phenoxy) is 1. The van der Waals surface area contributed by atoms with Gasteiger partial charge in [0.1, 0.15) is 12.4 Å². The fourth-order valence-electron chi connectivity index (χ4n) is 3.64. The number of carbonyl (C=O) groups excluding carboxylic acids is 1. The zero-order valence-corrected chi connectivity index (χ0v) is 19.4. The second-order valence-corrected chi connectivity index (χ2v) is 8.97. The van der Waals surface area contributed by atoms with Crippen LogP contribution < -0.4 is 9.64 Å². The van der Waals surface area contributed by atoms with Crippen molar-refractivity contribution in [2.45, 2.75) is 19.7 Å². The van der Waals surface area contributed by atoms with Crippen molar-refractivity contribution < 1.29 is 22.7 Å². The fraction of sp³-hybridized carbons (Fsp3) is 0.280. The van der Waals surface area contributed by atoms with E-state index in [0.29, 0.717) is 38.5 Å². The van der Waals surface area contributed by atoms with Gasteiger partial charge in [0.2, 0.25) is 5.91 Å². The molecule has 178 valence electrons. The minimum Gasteiger partial charge on any atom is -0.487 e. The van der Waals surface area contributed by atoms with Crippen molar-refractivity contribution >= 4 is 29.0 Å². The first-order chi connectivity index (χ1) is 16.3. The molecule has 4 rings (SSSR count). The summed E-state index contributed by atoms with van der Waals surface area (Å²) in [6.45, 7) is 4.21. The third-order valence-electron chi connectivity index (χ3n) is 5.48. The van der Waals surface area contributed by atoms with Gasteiger partial charge in [-0.15, -0.1) is 11.3 Å². The molecule has 0 aliphatic carbocycles. The minimum atomic E-state index is -4.37. The summed E-state index contributed by atoms with van der Waals surface area (Å²) in [7, 11) is 0. The van der Waals surface area contributed by atoms with Gasteiger partial charge in [-0.3, -0.25) is 4.79 Å². The molecule has 0 atom stereocenters. The maximum atomic E-state index is 13.0. The Kier molecular flexibility index (Phi) is 7.21. The molecule has 0 spiro atoms. The Morgan fingerprint density at radius 1 is 1.12 bits per heavy atom. The first-order valence-electron chi connectivity index (χ1n) is 10.8. The minimum absolute atomic E-state index is 0.122. The summed E-state index contributed by atoms with van der Waals surface area (Å²) in [6.07, 6.45) is -1.10. The van der Waals surface area contributed by atoms with E-state index in [0.717, 1.165) is 34.1 Å². The van der Waals surface area contributed by atoms with Crippen molar-refractivity contribution in [3.8, 4) is 5.75 Å². The molecule has 1 aliphatic rings. The molecule has 3 aromatic rings. The van der Waals surface area contributed by atoms with Crippen LogP contribution in [0.3, 0.4) is 0 Å². The number of thiazole rings is 1. The predicted molar refractivity (Wildman–Crippen MR) is 127 cm³/mol. The second kappa shape index (κ2) is 10.3. The lowest BCUT2D eigenvalue weighted by molar-refractivity contribution is -0.137. The molecular weight excluding hydrogens is 463 g/mol. The molecule has 5 nitrogen and oxygen atoms in total. The van der Waals surface area contributed by atoms with Crippen LogP contribution >= 0.6 is 11.3 Å². The number of hydrogen-bond donors (Lipinski definition) is 0. The summed E-state index contributed by atoms with van der Waals surface area (Å²) in [5.74, 6) is 0.600.